The zero-order chi connectivity index (χ0) is 14.6. The van der Waals surface area contributed by atoms with Crippen LogP contribution in [0.2, 0.25) is 0 Å². The highest BCUT2D eigenvalue weighted by molar-refractivity contribution is 7.89. The lowest BCUT2D eigenvalue weighted by atomic mass is 10.2. The number of primary sulfonamides is 1. The average Bonchev–Trinajstić information content (AvgIpc) is 2.86. The maximum atomic E-state index is 11.2. The van der Waals surface area contributed by atoms with Gasteiger partial charge in [0.2, 0.25) is 15.8 Å². The van der Waals surface area contributed by atoms with Gasteiger partial charge in [-0.3, -0.25) is 0 Å². The molecule has 6 nitrogen and oxygen atoms in total. The van der Waals surface area contributed by atoms with E-state index in [1.165, 1.54) is 12.1 Å². The quantitative estimate of drug-likeness (QED) is 0.857. The summed E-state index contributed by atoms with van der Waals surface area (Å²) in [7, 11) is -3.68. The van der Waals surface area contributed by atoms with Crippen molar-refractivity contribution in [3.05, 3.63) is 53.5 Å². The molecule has 0 atom stereocenters. The summed E-state index contributed by atoms with van der Waals surface area (Å²) in [6, 6.07) is 11.6. The number of rotatable bonds is 5. The molecule has 20 heavy (non-hydrogen) atoms. The van der Waals surface area contributed by atoms with Gasteiger partial charge in [0, 0.05) is 6.54 Å². The third-order valence-corrected chi connectivity index (χ3v) is 3.54. The van der Waals surface area contributed by atoms with Crippen LogP contribution in [0.25, 0.3) is 0 Å². The molecule has 1 aromatic heterocycles. The fourth-order valence-corrected chi connectivity index (χ4v) is 2.28. The molecular formula is C13H13N3O3S. The van der Waals surface area contributed by atoms with E-state index in [0.29, 0.717) is 18.8 Å². The second-order valence-corrected chi connectivity index (χ2v) is 5.74. The number of hydrogen-bond donors (Lipinski definition) is 2. The third kappa shape index (κ3) is 3.68. The highest BCUT2D eigenvalue weighted by Crippen LogP contribution is 2.10. The van der Waals surface area contributed by atoms with Crippen molar-refractivity contribution in [3.8, 4) is 6.07 Å². The van der Waals surface area contributed by atoms with Crippen molar-refractivity contribution in [2.24, 2.45) is 5.14 Å². The van der Waals surface area contributed by atoms with Crippen molar-refractivity contribution in [2.75, 3.05) is 0 Å². The Labute approximate surface area is 116 Å². The lowest BCUT2D eigenvalue weighted by molar-refractivity contribution is 0.474. The topological polar surface area (TPSA) is 109 Å². The van der Waals surface area contributed by atoms with E-state index >= 15 is 0 Å². The SMILES string of the molecule is N#Cc1ccc(CNCc2cccc(S(N)(=O)=O)c2)o1. The molecule has 0 aliphatic carbocycles. The van der Waals surface area contributed by atoms with Crippen molar-refractivity contribution in [1.82, 2.24) is 5.32 Å². The molecule has 0 fully saturated rings. The molecule has 104 valence electrons. The van der Waals surface area contributed by atoms with Crippen molar-refractivity contribution in [3.63, 3.8) is 0 Å². The number of nitrogens with two attached hydrogens (primary N) is 1. The molecule has 3 N–H and O–H groups in total. The highest BCUT2D eigenvalue weighted by Gasteiger charge is 2.07. The van der Waals surface area contributed by atoms with Crippen LogP contribution in [0.3, 0.4) is 0 Å². The molecular weight excluding hydrogens is 278 g/mol. The van der Waals surface area contributed by atoms with Gasteiger partial charge < -0.3 is 9.73 Å². The second-order valence-electron chi connectivity index (χ2n) is 4.17. The first-order valence-electron chi connectivity index (χ1n) is 5.80. The normalized spacial score (nSPS) is 11.2. The Morgan fingerprint density at radius 1 is 1.25 bits per heavy atom. The maximum Gasteiger partial charge on any atom is 0.238 e. The standard InChI is InChI=1S/C13H13N3O3S/c14-7-11-4-5-12(19-11)9-16-8-10-2-1-3-13(6-10)20(15,17)18/h1-6,16H,8-9H2,(H2,15,17,18). The minimum absolute atomic E-state index is 0.0848. The van der Waals surface area contributed by atoms with Gasteiger partial charge in [0.1, 0.15) is 11.8 Å². The molecule has 0 unspecified atom stereocenters. The van der Waals surface area contributed by atoms with Crippen LogP contribution in [0.4, 0.5) is 0 Å². The lowest BCUT2D eigenvalue weighted by Crippen LogP contribution is -2.15. The maximum absolute atomic E-state index is 11.2. The predicted octanol–water partition coefficient (Wildman–Crippen LogP) is 1.09. The monoisotopic (exact) mass is 291 g/mol. The van der Waals surface area contributed by atoms with E-state index in [1.807, 2.05) is 6.07 Å². The van der Waals surface area contributed by atoms with Gasteiger partial charge in [0.15, 0.2) is 0 Å². The fraction of sp³-hybridized carbons (Fsp3) is 0.154. The highest BCUT2D eigenvalue weighted by atomic mass is 32.2. The van der Waals surface area contributed by atoms with Gasteiger partial charge in [-0.1, -0.05) is 12.1 Å². The first-order chi connectivity index (χ1) is 9.49. The van der Waals surface area contributed by atoms with Gasteiger partial charge in [0.05, 0.1) is 11.4 Å². The molecule has 0 amide bonds. The number of nitrogens with zero attached hydrogens (tertiary/aromatic N) is 1. The van der Waals surface area contributed by atoms with Crippen LogP contribution in [0.1, 0.15) is 17.1 Å². The van der Waals surface area contributed by atoms with Crippen LogP contribution < -0.4 is 10.5 Å². The van der Waals surface area contributed by atoms with Gasteiger partial charge in [-0.05, 0) is 29.8 Å². The smallest absolute Gasteiger partial charge is 0.238 e. The summed E-state index contributed by atoms with van der Waals surface area (Å²) in [6.07, 6.45) is 0. The second kappa shape index (κ2) is 5.88. The van der Waals surface area contributed by atoms with Crippen molar-refractivity contribution >= 4 is 10.0 Å². The van der Waals surface area contributed by atoms with E-state index in [-0.39, 0.29) is 10.7 Å². The molecule has 0 aliphatic rings. The molecule has 0 bridgehead atoms. The van der Waals surface area contributed by atoms with Gasteiger partial charge >= 0.3 is 0 Å². The van der Waals surface area contributed by atoms with E-state index in [9.17, 15) is 8.42 Å². The fourth-order valence-electron chi connectivity index (χ4n) is 1.70. The predicted molar refractivity (Wildman–Crippen MR) is 71.8 cm³/mol. The van der Waals surface area contributed by atoms with Crippen molar-refractivity contribution in [1.29, 1.82) is 5.26 Å². The Bertz CT molecular complexity index is 744. The number of benzene rings is 1. The Morgan fingerprint density at radius 2 is 2.05 bits per heavy atom. The van der Waals surface area contributed by atoms with Crippen molar-refractivity contribution < 1.29 is 12.8 Å². The number of sulfonamides is 1. The zero-order valence-electron chi connectivity index (χ0n) is 10.5. The van der Waals surface area contributed by atoms with Gasteiger partial charge in [-0.2, -0.15) is 5.26 Å². The average molecular weight is 291 g/mol. The number of nitriles is 1. The third-order valence-electron chi connectivity index (χ3n) is 2.63. The Balaban J connectivity index is 1.96. The summed E-state index contributed by atoms with van der Waals surface area (Å²) in [5.41, 5.74) is 0.795. The Kier molecular flexibility index (Phi) is 4.20. The van der Waals surface area contributed by atoms with Crippen LogP contribution in [-0.4, -0.2) is 8.42 Å². The minimum Gasteiger partial charge on any atom is -0.449 e. The molecule has 2 aromatic rings. The van der Waals surface area contributed by atoms with Crippen molar-refractivity contribution in [2.45, 2.75) is 18.0 Å². The van der Waals surface area contributed by atoms with E-state index in [2.05, 4.69) is 5.32 Å². The Morgan fingerprint density at radius 3 is 2.70 bits per heavy atom. The first kappa shape index (κ1) is 14.3. The number of hydrogen-bond acceptors (Lipinski definition) is 5. The number of furan rings is 1. The Hall–Kier alpha value is -2.14. The minimum atomic E-state index is -3.68. The lowest BCUT2D eigenvalue weighted by Gasteiger charge is -2.05. The summed E-state index contributed by atoms with van der Waals surface area (Å²) in [5.74, 6) is 0.905. The summed E-state index contributed by atoms with van der Waals surface area (Å²) in [6.45, 7) is 0.910. The molecule has 0 saturated carbocycles. The summed E-state index contributed by atoms with van der Waals surface area (Å²) < 4.78 is 27.7. The van der Waals surface area contributed by atoms with Gasteiger partial charge in [0.25, 0.3) is 0 Å². The zero-order valence-corrected chi connectivity index (χ0v) is 11.4. The van der Waals surface area contributed by atoms with Crippen LogP contribution in [0.5, 0.6) is 0 Å². The molecule has 7 heteroatoms. The van der Waals surface area contributed by atoms with Crippen LogP contribution >= 0.6 is 0 Å². The molecule has 2 rings (SSSR count). The summed E-state index contributed by atoms with van der Waals surface area (Å²) in [5, 5.41) is 16.8. The van der Waals surface area contributed by atoms with Gasteiger partial charge in [-0.15, -0.1) is 0 Å². The summed E-state index contributed by atoms with van der Waals surface area (Å²) >= 11 is 0. The van der Waals surface area contributed by atoms with Gasteiger partial charge in [-0.25, -0.2) is 13.6 Å². The molecule has 0 aliphatic heterocycles. The van der Waals surface area contributed by atoms with E-state index in [4.69, 9.17) is 14.8 Å². The number of nitrogens with one attached hydrogen (secondary N) is 1. The first-order valence-corrected chi connectivity index (χ1v) is 7.35. The largest absolute Gasteiger partial charge is 0.449 e. The molecule has 1 heterocycles. The van der Waals surface area contributed by atoms with Crippen LogP contribution in [-0.2, 0) is 23.1 Å². The van der Waals surface area contributed by atoms with Crippen LogP contribution in [0, 0.1) is 11.3 Å². The van der Waals surface area contributed by atoms with E-state index < -0.39 is 10.0 Å². The summed E-state index contributed by atoms with van der Waals surface area (Å²) in [4.78, 5) is 0.0848. The van der Waals surface area contributed by atoms with E-state index in [1.54, 1.807) is 24.3 Å². The molecule has 0 spiro atoms. The van der Waals surface area contributed by atoms with E-state index in [0.717, 1.165) is 5.56 Å². The van der Waals surface area contributed by atoms with Crippen LogP contribution in [0.15, 0.2) is 45.7 Å². The molecule has 1 aromatic carbocycles. The molecule has 0 radical (unpaired) electrons. The molecule has 0 saturated heterocycles.